The monoisotopic (exact) mass is 751 g/mol. The molecule has 4 nitrogen and oxygen atoms in total. The van der Waals surface area contributed by atoms with Crippen LogP contribution in [0, 0.1) is 0 Å². The molecular weight excluding hydrogens is 719 g/mol. The molecule has 0 amide bonds. The van der Waals surface area contributed by atoms with Gasteiger partial charge in [-0.15, -0.1) is 0 Å². The van der Waals surface area contributed by atoms with E-state index in [-0.39, 0.29) is 0 Å². The topological polar surface area (TPSA) is 51.8 Å². The number of fused-ring (bicyclic) bond motifs is 7. The summed E-state index contributed by atoms with van der Waals surface area (Å²) in [5.41, 5.74) is 9.31. The van der Waals surface area contributed by atoms with Crippen molar-refractivity contribution in [1.82, 2.24) is 15.0 Å². The SMILES string of the molecule is c1ccc(-c2cccc3cc(-c4nc(-c5ccc6cc(-c7ccc8ccccc8c7)ccc6c5)nc(-c5ccc6cc7oc8ccccc8c7cc6c5)n4)ccc23)cc1. The number of nitrogens with zero attached hydrogens (tertiary/aromatic N) is 3. The Labute approximate surface area is 339 Å². The summed E-state index contributed by atoms with van der Waals surface area (Å²) in [5.74, 6) is 1.87. The first-order valence-electron chi connectivity index (χ1n) is 19.9. The highest BCUT2D eigenvalue weighted by atomic mass is 16.3. The van der Waals surface area contributed by atoms with E-state index in [0.29, 0.717) is 17.5 Å². The van der Waals surface area contributed by atoms with Gasteiger partial charge < -0.3 is 4.42 Å². The van der Waals surface area contributed by atoms with Gasteiger partial charge in [0.1, 0.15) is 11.2 Å². The minimum absolute atomic E-state index is 0.619. The van der Waals surface area contributed by atoms with E-state index in [2.05, 4.69) is 188 Å². The van der Waals surface area contributed by atoms with Crippen LogP contribution in [0.15, 0.2) is 205 Å². The Hall–Kier alpha value is -7.95. The summed E-state index contributed by atoms with van der Waals surface area (Å²) in [7, 11) is 0. The second kappa shape index (κ2) is 13.3. The van der Waals surface area contributed by atoms with Crippen LogP contribution in [0.4, 0.5) is 0 Å². The molecule has 0 bridgehead atoms. The van der Waals surface area contributed by atoms with E-state index in [0.717, 1.165) is 65.6 Å². The van der Waals surface area contributed by atoms with Gasteiger partial charge in [0.2, 0.25) is 0 Å². The summed E-state index contributed by atoms with van der Waals surface area (Å²) in [5, 5.41) is 11.4. The number of aromatic nitrogens is 3. The number of furan rings is 1. The fourth-order valence-corrected chi connectivity index (χ4v) is 8.60. The molecule has 0 aliphatic heterocycles. The van der Waals surface area contributed by atoms with E-state index in [1.165, 1.54) is 38.4 Å². The van der Waals surface area contributed by atoms with Crippen molar-refractivity contribution in [2.75, 3.05) is 0 Å². The van der Waals surface area contributed by atoms with E-state index < -0.39 is 0 Å². The molecule has 0 N–H and O–H groups in total. The Bertz CT molecular complexity index is 3620. The van der Waals surface area contributed by atoms with Gasteiger partial charge in [0.05, 0.1) is 0 Å². The lowest BCUT2D eigenvalue weighted by molar-refractivity contribution is 0.669. The second-order valence-corrected chi connectivity index (χ2v) is 15.3. The van der Waals surface area contributed by atoms with Gasteiger partial charge in [-0.1, -0.05) is 152 Å². The maximum atomic E-state index is 6.21. The predicted octanol–water partition coefficient (Wildman–Crippen LogP) is 14.7. The van der Waals surface area contributed by atoms with E-state index in [4.69, 9.17) is 19.4 Å². The third kappa shape index (κ3) is 5.81. The average Bonchev–Trinajstić information content (AvgIpc) is 3.67. The van der Waals surface area contributed by atoms with E-state index in [1.807, 2.05) is 12.1 Å². The molecule has 274 valence electrons. The molecule has 0 saturated heterocycles. The summed E-state index contributed by atoms with van der Waals surface area (Å²) in [6.45, 7) is 0. The predicted molar refractivity (Wildman–Crippen MR) is 244 cm³/mol. The molecule has 59 heavy (non-hydrogen) atoms. The third-order valence-electron chi connectivity index (χ3n) is 11.6. The third-order valence-corrected chi connectivity index (χ3v) is 11.6. The van der Waals surface area contributed by atoms with Crippen LogP contribution < -0.4 is 0 Å². The first-order valence-corrected chi connectivity index (χ1v) is 19.9. The smallest absolute Gasteiger partial charge is 0.164 e. The molecule has 2 heterocycles. The minimum atomic E-state index is 0.619. The molecule has 0 radical (unpaired) electrons. The Balaban J connectivity index is 0.995. The summed E-state index contributed by atoms with van der Waals surface area (Å²) in [6.07, 6.45) is 0. The van der Waals surface area contributed by atoms with Crippen LogP contribution in [-0.2, 0) is 0 Å². The molecule has 0 unspecified atom stereocenters. The molecule has 0 spiro atoms. The van der Waals surface area contributed by atoms with E-state index in [9.17, 15) is 0 Å². The van der Waals surface area contributed by atoms with Gasteiger partial charge in [0.15, 0.2) is 17.5 Å². The molecule has 10 aromatic carbocycles. The van der Waals surface area contributed by atoms with Gasteiger partial charge in [0, 0.05) is 27.5 Å². The highest BCUT2D eigenvalue weighted by molar-refractivity contribution is 6.10. The summed E-state index contributed by atoms with van der Waals surface area (Å²) < 4.78 is 6.21. The molecular formula is C55H33N3O. The van der Waals surface area contributed by atoms with Gasteiger partial charge in [-0.3, -0.25) is 0 Å². The number of rotatable bonds is 5. The fourth-order valence-electron chi connectivity index (χ4n) is 8.60. The van der Waals surface area contributed by atoms with Crippen molar-refractivity contribution in [3.05, 3.63) is 200 Å². The standard InChI is InChI=1S/C55H33N3O/c1-2-10-35(11-3-1)47-15-8-13-42-30-45(25-26-48(42)47)55-57-53(43-23-21-39-28-38(19-20-40(39)29-43)37-18-17-34-9-4-5-12-36(34)27-37)56-54(58-55)44-24-22-41-33-52-50(32-46(41)31-44)49-14-6-7-16-51(49)59-52/h1-33H. The van der Waals surface area contributed by atoms with Gasteiger partial charge in [-0.2, -0.15) is 0 Å². The van der Waals surface area contributed by atoms with Crippen molar-refractivity contribution < 1.29 is 4.42 Å². The summed E-state index contributed by atoms with van der Waals surface area (Å²) >= 11 is 0. The molecule has 0 aliphatic rings. The maximum absolute atomic E-state index is 6.21. The lowest BCUT2D eigenvalue weighted by Crippen LogP contribution is -2.00. The largest absolute Gasteiger partial charge is 0.456 e. The number of para-hydroxylation sites is 1. The molecule has 0 saturated carbocycles. The van der Waals surface area contributed by atoms with Gasteiger partial charge in [0.25, 0.3) is 0 Å². The summed E-state index contributed by atoms with van der Waals surface area (Å²) in [6, 6.07) is 70.8. The lowest BCUT2D eigenvalue weighted by atomic mass is 9.97. The van der Waals surface area contributed by atoms with Crippen molar-refractivity contribution in [2.45, 2.75) is 0 Å². The van der Waals surface area contributed by atoms with Crippen molar-refractivity contribution in [2.24, 2.45) is 0 Å². The summed E-state index contributed by atoms with van der Waals surface area (Å²) in [4.78, 5) is 15.6. The zero-order valence-electron chi connectivity index (χ0n) is 31.8. The Morgan fingerprint density at radius 2 is 0.763 bits per heavy atom. The quantitative estimate of drug-likeness (QED) is 0.176. The highest BCUT2D eigenvalue weighted by Gasteiger charge is 2.16. The Morgan fingerprint density at radius 3 is 1.49 bits per heavy atom. The molecule has 12 rings (SSSR count). The van der Waals surface area contributed by atoms with E-state index >= 15 is 0 Å². The van der Waals surface area contributed by atoms with Crippen LogP contribution in [0.3, 0.4) is 0 Å². The van der Waals surface area contributed by atoms with Crippen LogP contribution in [0.2, 0.25) is 0 Å². The molecule has 0 aliphatic carbocycles. The van der Waals surface area contributed by atoms with Crippen LogP contribution in [0.5, 0.6) is 0 Å². The van der Waals surface area contributed by atoms with Crippen molar-refractivity contribution in [3.63, 3.8) is 0 Å². The normalized spacial score (nSPS) is 11.7. The van der Waals surface area contributed by atoms with Crippen LogP contribution in [0.1, 0.15) is 0 Å². The zero-order chi connectivity index (χ0) is 38.9. The highest BCUT2D eigenvalue weighted by Crippen LogP contribution is 2.36. The zero-order valence-corrected chi connectivity index (χ0v) is 31.8. The number of benzene rings is 10. The lowest BCUT2D eigenvalue weighted by Gasteiger charge is -2.12. The Morgan fingerprint density at radius 1 is 0.254 bits per heavy atom. The van der Waals surface area contributed by atoms with Crippen LogP contribution in [-0.4, -0.2) is 15.0 Å². The fraction of sp³-hybridized carbons (Fsp3) is 0. The van der Waals surface area contributed by atoms with Gasteiger partial charge in [-0.05, 0) is 114 Å². The van der Waals surface area contributed by atoms with Crippen LogP contribution >= 0.6 is 0 Å². The van der Waals surface area contributed by atoms with Crippen molar-refractivity contribution in [3.8, 4) is 56.4 Å². The van der Waals surface area contributed by atoms with Gasteiger partial charge >= 0.3 is 0 Å². The van der Waals surface area contributed by atoms with Crippen LogP contribution in [0.25, 0.3) is 121 Å². The Kier molecular flexibility index (Phi) is 7.50. The van der Waals surface area contributed by atoms with Crippen molar-refractivity contribution in [1.29, 1.82) is 0 Å². The number of hydrogen-bond donors (Lipinski definition) is 0. The van der Waals surface area contributed by atoms with Crippen molar-refractivity contribution >= 4 is 65.0 Å². The van der Waals surface area contributed by atoms with Gasteiger partial charge in [-0.25, -0.2) is 15.0 Å². The first kappa shape index (κ1) is 33.2. The molecule has 0 atom stereocenters. The molecule has 4 heteroatoms. The second-order valence-electron chi connectivity index (χ2n) is 15.3. The average molecular weight is 752 g/mol. The molecule has 0 fully saturated rings. The first-order chi connectivity index (χ1) is 29.2. The molecule has 2 aromatic heterocycles. The minimum Gasteiger partial charge on any atom is -0.456 e. The number of hydrogen-bond acceptors (Lipinski definition) is 4. The van der Waals surface area contributed by atoms with E-state index in [1.54, 1.807) is 0 Å². The molecule has 12 aromatic rings. The maximum Gasteiger partial charge on any atom is 0.164 e.